The van der Waals surface area contributed by atoms with Crippen LogP contribution in [0, 0.1) is 10.5 Å². The summed E-state index contributed by atoms with van der Waals surface area (Å²) >= 11 is 1.66. The predicted molar refractivity (Wildman–Crippen MR) is 64.1 cm³/mol. The topological polar surface area (TPSA) is 48.4 Å². The van der Waals surface area contributed by atoms with Crippen molar-refractivity contribution >= 4 is 28.6 Å². The number of aromatic nitrogens is 1. The average molecular weight is 375 g/mol. The van der Waals surface area contributed by atoms with Gasteiger partial charge in [0, 0.05) is 5.69 Å². The second-order valence-corrected chi connectivity index (χ2v) is 4.48. The Kier molecular flexibility index (Phi) is 4.77. The van der Waals surface area contributed by atoms with Crippen LogP contribution in [0.15, 0.2) is 6.07 Å². The Hall–Kier alpha value is -1.06. The van der Waals surface area contributed by atoms with E-state index in [1.54, 1.807) is 22.6 Å². The number of hydrogen-bond donors (Lipinski definition) is 0. The molecule has 0 N–H and O–H groups in total. The molecule has 0 saturated heterocycles. The van der Waals surface area contributed by atoms with Crippen molar-refractivity contribution in [2.75, 3.05) is 7.11 Å². The molecule has 0 spiro atoms. The first-order valence-corrected chi connectivity index (χ1v) is 5.79. The Morgan fingerprint density at radius 1 is 1.50 bits per heavy atom. The van der Waals surface area contributed by atoms with Crippen molar-refractivity contribution in [3.8, 4) is 5.88 Å². The molecule has 0 unspecified atom stereocenters. The molecule has 0 aromatic carbocycles. The van der Waals surface area contributed by atoms with Crippen LogP contribution in [0.25, 0.3) is 0 Å². The van der Waals surface area contributed by atoms with Crippen LogP contribution in [0.2, 0.25) is 0 Å². The van der Waals surface area contributed by atoms with Crippen LogP contribution in [0.4, 0.5) is 13.2 Å². The summed E-state index contributed by atoms with van der Waals surface area (Å²) in [6, 6.07) is 1.42. The Balaban J connectivity index is 3.01. The number of aryl methyl sites for hydroxylation is 1. The zero-order valence-electron chi connectivity index (χ0n) is 9.47. The highest BCUT2D eigenvalue weighted by molar-refractivity contribution is 14.1. The lowest BCUT2D eigenvalue weighted by Crippen LogP contribution is -2.19. The number of hydrogen-bond acceptors (Lipinski definition) is 4. The first kappa shape index (κ1) is 15.0. The molecule has 0 fully saturated rings. The highest BCUT2D eigenvalue weighted by Crippen LogP contribution is 2.27. The van der Waals surface area contributed by atoms with Crippen LogP contribution < -0.4 is 4.74 Å². The quantitative estimate of drug-likeness (QED) is 0.602. The van der Waals surface area contributed by atoms with Crippen LogP contribution in [-0.4, -0.2) is 24.4 Å². The minimum atomic E-state index is -4.79. The van der Waals surface area contributed by atoms with Gasteiger partial charge in [0.15, 0.2) is 0 Å². The Morgan fingerprint density at radius 3 is 2.61 bits per heavy atom. The summed E-state index contributed by atoms with van der Waals surface area (Å²) < 4.78 is 44.7. The highest BCUT2D eigenvalue weighted by Gasteiger charge is 2.33. The van der Waals surface area contributed by atoms with Crippen molar-refractivity contribution in [3.63, 3.8) is 0 Å². The summed E-state index contributed by atoms with van der Waals surface area (Å²) in [7, 11) is 1.23. The number of rotatable bonds is 3. The molecule has 1 rings (SSSR count). The van der Waals surface area contributed by atoms with Crippen molar-refractivity contribution in [3.05, 3.63) is 20.9 Å². The van der Waals surface area contributed by atoms with E-state index in [0.29, 0.717) is 11.3 Å². The molecule has 0 aliphatic carbocycles. The number of carbonyl (C=O) groups excluding carboxylic acids is 1. The minimum Gasteiger partial charge on any atom is -0.469 e. The summed E-state index contributed by atoms with van der Waals surface area (Å²) in [5.74, 6) is -1.01. The van der Waals surface area contributed by atoms with Gasteiger partial charge in [-0.15, -0.1) is 13.2 Å². The number of alkyl halides is 3. The van der Waals surface area contributed by atoms with Gasteiger partial charge < -0.3 is 9.47 Å². The van der Waals surface area contributed by atoms with Crippen LogP contribution in [0.5, 0.6) is 5.88 Å². The number of carbonyl (C=O) groups is 1. The van der Waals surface area contributed by atoms with Gasteiger partial charge in [-0.3, -0.25) is 4.79 Å². The van der Waals surface area contributed by atoms with E-state index in [9.17, 15) is 18.0 Å². The van der Waals surface area contributed by atoms with E-state index in [0.717, 1.165) is 0 Å². The van der Waals surface area contributed by atoms with E-state index in [-0.39, 0.29) is 9.99 Å². The summed E-state index contributed by atoms with van der Waals surface area (Å²) in [4.78, 5) is 14.8. The van der Waals surface area contributed by atoms with Crippen molar-refractivity contribution < 1.29 is 27.4 Å². The van der Waals surface area contributed by atoms with E-state index < -0.39 is 18.2 Å². The summed E-state index contributed by atoms with van der Waals surface area (Å²) in [6.07, 6.45) is -4.83. The lowest BCUT2D eigenvalue weighted by molar-refractivity contribution is -0.276. The SMILES string of the molecule is COC(=O)Cc1cc(I)c(OC(F)(F)F)nc1C. The van der Waals surface area contributed by atoms with Gasteiger partial charge in [-0.2, -0.15) is 0 Å². The van der Waals surface area contributed by atoms with Crippen LogP contribution in [-0.2, 0) is 16.0 Å². The molecule has 100 valence electrons. The van der Waals surface area contributed by atoms with Crippen LogP contribution in [0.3, 0.4) is 0 Å². The molecule has 0 aliphatic rings. The second-order valence-electron chi connectivity index (χ2n) is 3.32. The van der Waals surface area contributed by atoms with E-state index in [1.807, 2.05) is 0 Å². The lowest BCUT2D eigenvalue weighted by atomic mass is 10.1. The third kappa shape index (κ3) is 4.31. The molecule has 0 radical (unpaired) electrons. The Morgan fingerprint density at radius 2 is 2.11 bits per heavy atom. The molecule has 1 aromatic heterocycles. The van der Waals surface area contributed by atoms with E-state index in [2.05, 4.69) is 14.5 Å². The van der Waals surface area contributed by atoms with E-state index >= 15 is 0 Å². The van der Waals surface area contributed by atoms with E-state index in [1.165, 1.54) is 20.1 Å². The van der Waals surface area contributed by atoms with Crippen LogP contribution >= 0.6 is 22.6 Å². The molecule has 0 aliphatic heterocycles. The van der Waals surface area contributed by atoms with Gasteiger partial charge in [-0.1, -0.05) is 0 Å². The number of methoxy groups -OCH3 is 1. The summed E-state index contributed by atoms with van der Waals surface area (Å²) in [5, 5.41) is 0. The van der Waals surface area contributed by atoms with Gasteiger partial charge in [0.25, 0.3) is 0 Å². The summed E-state index contributed by atoms with van der Waals surface area (Å²) in [5.41, 5.74) is 0.792. The maximum atomic E-state index is 12.1. The molecule has 0 saturated carbocycles. The number of ether oxygens (including phenoxy) is 2. The molecule has 18 heavy (non-hydrogen) atoms. The smallest absolute Gasteiger partial charge is 0.469 e. The highest BCUT2D eigenvalue weighted by atomic mass is 127. The van der Waals surface area contributed by atoms with E-state index in [4.69, 9.17) is 0 Å². The van der Waals surface area contributed by atoms with Gasteiger partial charge in [-0.25, -0.2) is 4.98 Å². The zero-order chi connectivity index (χ0) is 13.9. The molecule has 8 heteroatoms. The number of esters is 1. The molecular weight excluding hydrogens is 366 g/mol. The second kappa shape index (κ2) is 5.72. The van der Waals surface area contributed by atoms with Crippen LogP contribution in [0.1, 0.15) is 11.3 Å². The van der Waals surface area contributed by atoms with Crippen molar-refractivity contribution in [1.29, 1.82) is 0 Å². The third-order valence-electron chi connectivity index (χ3n) is 2.01. The van der Waals surface area contributed by atoms with Crippen molar-refractivity contribution in [2.24, 2.45) is 0 Å². The molecule has 0 amide bonds. The maximum Gasteiger partial charge on any atom is 0.574 e. The number of halogens is 4. The molecule has 4 nitrogen and oxygen atoms in total. The van der Waals surface area contributed by atoms with Crippen molar-refractivity contribution in [1.82, 2.24) is 4.98 Å². The van der Waals surface area contributed by atoms with Gasteiger partial charge >= 0.3 is 12.3 Å². The van der Waals surface area contributed by atoms with Gasteiger partial charge in [0.05, 0.1) is 17.1 Å². The fourth-order valence-electron chi connectivity index (χ4n) is 1.18. The largest absolute Gasteiger partial charge is 0.574 e. The average Bonchev–Trinajstić information content (AvgIpc) is 2.23. The Bertz CT molecular complexity index is 462. The summed E-state index contributed by atoms with van der Waals surface area (Å²) in [6.45, 7) is 1.50. The normalized spacial score (nSPS) is 11.2. The molecule has 1 heterocycles. The molecule has 0 bridgehead atoms. The molecule has 1 aromatic rings. The fourth-order valence-corrected chi connectivity index (χ4v) is 1.79. The third-order valence-corrected chi connectivity index (χ3v) is 2.79. The standard InChI is InChI=1S/C10H9F3INO3/c1-5-6(4-8(16)17-2)3-7(14)9(15-5)18-10(11,12)13/h3H,4H2,1-2H3. The first-order valence-electron chi connectivity index (χ1n) is 4.71. The fraction of sp³-hybridized carbons (Fsp3) is 0.400. The van der Waals surface area contributed by atoms with Gasteiger partial charge in [0.1, 0.15) is 0 Å². The number of pyridine rings is 1. The predicted octanol–water partition coefficient (Wildman–Crippen LogP) is 2.61. The molecular formula is C10H9F3INO3. The lowest BCUT2D eigenvalue weighted by Gasteiger charge is -2.12. The molecule has 0 atom stereocenters. The monoisotopic (exact) mass is 375 g/mol. The maximum absolute atomic E-state index is 12.1. The minimum absolute atomic E-state index is 0.0440. The van der Waals surface area contributed by atoms with Gasteiger partial charge in [-0.05, 0) is 41.1 Å². The zero-order valence-corrected chi connectivity index (χ0v) is 11.6. The van der Waals surface area contributed by atoms with Gasteiger partial charge in [0.2, 0.25) is 5.88 Å². The Labute approximate surface area is 115 Å². The van der Waals surface area contributed by atoms with Crippen molar-refractivity contribution in [2.45, 2.75) is 19.7 Å². The first-order chi connectivity index (χ1) is 8.23. The number of nitrogens with zero attached hydrogens (tertiary/aromatic N) is 1.